The number of carboxylic acid groups (broad SMARTS) is 1. The molecule has 0 bridgehead atoms. The monoisotopic (exact) mass is 307 g/mol. The van der Waals surface area contributed by atoms with Crippen molar-refractivity contribution in [1.82, 2.24) is 9.97 Å². The lowest BCUT2D eigenvalue weighted by Crippen LogP contribution is -2.43. The lowest BCUT2D eigenvalue weighted by molar-refractivity contribution is -0.139. The minimum Gasteiger partial charge on any atom is -0.481 e. The van der Waals surface area contributed by atoms with Crippen LogP contribution in [0.4, 0.5) is 23.5 Å². The number of rotatable bonds is 3. The van der Waals surface area contributed by atoms with E-state index in [9.17, 15) is 22.4 Å². The summed E-state index contributed by atoms with van der Waals surface area (Å²) >= 11 is 0. The number of hydrogen-bond acceptors (Lipinski definition) is 4. The number of hydrogen-bond donors (Lipinski definition) is 1. The van der Waals surface area contributed by atoms with Crippen molar-refractivity contribution < 1.29 is 27.5 Å². The van der Waals surface area contributed by atoms with Crippen molar-refractivity contribution in [3.63, 3.8) is 0 Å². The fourth-order valence-corrected chi connectivity index (χ4v) is 2.22. The van der Waals surface area contributed by atoms with E-state index >= 15 is 0 Å². The van der Waals surface area contributed by atoms with Gasteiger partial charge in [-0.1, -0.05) is 0 Å². The molecule has 0 amide bonds. The van der Waals surface area contributed by atoms with Gasteiger partial charge in [-0.15, -0.1) is 0 Å². The Hall–Kier alpha value is -1.93. The van der Waals surface area contributed by atoms with Crippen molar-refractivity contribution in [2.45, 2.75) is 25.2 Å². The van der Waals surface area contributed by atoms with Gasteiger partial charge in [0.1, 0.15) is 6.17 Å². The molecule has 5 nitrogen and oxygen atoms in total. The quantitative estimate of drug-likeness (QED) is 0.867. The Morgan fingerprint density at radius 2 is 2.00 bits per heavy atom. The van der Waals surface area contributed by atoms with E-state index in [1.807, 2.05) is 0 Å². The highest BCUT2D eigenvalue weighted by molar-refractivity contribution is 5.67. The number of aliphatic carboxylic acids is 1. The van der Waals surface area contributed by atoms with Crippen LogP contribution >= 0.6 is 0 Å². The third-order valence-corrected chi connectivity index (χ3v) is 3.36. The molecule has 0 radical (unpaired) electrons. The van der Waals surface area contributed by atoms with E-state index in [0.29, 0.717) is 18.9 Å². The molecule has 0 spiro atoms. The number of aromatic nitrogens is 2. The highest BCUT2D eigenvalue weighted by atomic mass is 19.4. The summed E-state index contributed by atoms with van der Waals surface area (Å²) < 4.78 is 51.0. The average Bonchev–Trinajstić information content (AvgIpc) is 2.40. The number of alkyl halides is 4. The maximum Gasteiger partial charge on any atom is 0.419 e. The van der Waals surface area contributed by atoms with Gasteiger partial charge in [0.15, 0.2) is 0 Å². The molecule has 1 aromatic rings. The summed E-state index contributed by atoms with van der Waals surface area (Å²) in [6.07, 6.45) is -4.56. The lowest BCUT2D eigenvalue weighted by Gasteiger charge is -2.34. The third kappa shape index (κ3) is 3.79. The van der Waals surface area contributed by atoms with Crippen molar-refractivity contribution in [3.05, 3.63) is 18.0 Å². The Kier molecular flexibility index (Phi) is 4.29. The largest absolute Gasteiger partial charge is 0.481 e. The van der Waals surface area contributed by atoms with Gasteiger partial charge >= 0.3 is 12.1 Å². The number of piperidine rings is 1. The van der Waals surface area contributed by atoms with Crippen LogP contribution in [-0.4, -0.2) is 40.3 Å². The second-order valence-electron chi connectivity index (χ2n) is 4.88. The van der Waals surface area contributed by atoms with Gasteiger partial charge in [0.05, 0.1) is 18.5 Å². The summed E-state index contributed by atoms with van der Waals surface area (Å²) in [4.78, 5) is 19.2. The molecule has 1 aromatic heterocycles. The molecule has 2 heterocycles. The zero-order valence-corrected chi connectivity index (χ0v) is 10.8. The highest BCUT2D eigenvalue weighted by Crippen LogP contribution is 2.29. The zero-order valence-electron chi connectivity index (χ0n) is 10.8. The number of nitrogens with zero attached hydrogens (tertiary/aromatic N) is 3. The lowest BCUT2D eigenvalue weighted by atomic mass is 9.92. The van der Waals surface area contributed by atoms with Gasteiger partial charge in [-0.3, -0.25) is 4.79 Å². The second-order valence-corrected chi connectivity index (χ2v) is 4.88. The van der Waals surface area contributed by atoms with Gasteiger partial charge in [-0.05, 0) is 6.42 Å². The van der Waals surface area contributed by atoms with Crippen molar-refractivity contribution in [2.24, 2.45) is 5.92 Å². The normalized spacial score (nSPS) is 23.1. The molecule has 1 aliphatic heterocycles. The molecule has 2 atom stereocenters. The van der Waals surface area contributed by atoms with Crippen LogP contribution in [0.1, 0.15) is 18.4 Å². The van der Waals surface area contributed by atoms with Crippen molar-refractivity contribution in [2.75, 3.05) is 18.0 Å². The summed E-state index contributed by atoms with van der Waals surface area (Å²) in [7, 11) is 0. The van der Waals surface area contributed by atoms with Gasteiger partial charge < -0.3 is 10.0 Å². The summed E-state index contributed by atoms with van der Waals surface area (Å²) in [6.45, 7) is 0.188. The minimum atomic E-state index is -4.52. The first-order valence-electron chi connectivity index (χ1n) is 6.27. The maximum absolute atomic E-state index is 13.9. The van der Waals surface area contributed by atoms with Crippen molar-refractivity contribution in [1.29, 1.82) is 0 Å². The van der Waals surface area contributed by atoms with Crippen molar-refractivity contribution >= 4 is 11.9 Å². The third-order valence-electron chi connectivity index (χ3n) is 3.36. The van der Waals surface area contributed by atoms with E-state index in [2.05, 4.69) is 9.97 Å². The van der Waals surface area contributed by atoms with Crippen LogP contribution in [-0.2, 0) is 11.0 Å². The molecule has 21 heavy (non-hydrogen) atoms. The fourth-order valence-electron chi connectivity index (χ4n) is 2.22. The van der Waals surface area contributed by atoms with Gasteiger partial charge in [-0.25, -0.2) is 14.4 Å². The van der Waals surface area contributed by atoms with E-state index in [1.54, 1.807) is 0 Å². The number of anilines is 1. The fraction of sp³-hybridized carbons (Fsp3) is 0.583. The van der Waals surface area contributed by atoms with Crippen LogP contribution in [0.15, 0.2) is 12.4 Å². The summed E-state index contributed by atoms with van der Waals surface area (Å²) in [5.74, 6) is -1.64. The first-order valence-corrected chi connectivity index (χ1v) is 6.27. The molecule has 0 saturated carbocycles. The minimum absolute atomic E-state index is 0.0134. The molecule has 0 aliphatic carbocycles. The predicted molar refractivity (Wildman–Crippen MR) is 64.5 cm³/mol. The topological polar surface area (TPSA) is 66.3 Å². The number of carbonyl (C=O) groups is 1. The van der Waals surface area contributed by atoms with Crippen LogP contribution in [0, 0.1) is 5.92 Å². The predicted octanol–water partition coefficient (Wildman–Crippen LogP) is 2.13. The molecule has 1 N–H and O–H groups in total. The SMILES string of the molecule is O=C(O)CC1CCN(c2ncc(C(F)(F)F)cn2)CC1F. The number of halogens is 4. The molecule has 1 fully saturated rings. The zero-order chi connectivity index (χ0) is 15.6. The first-order chi connectivity index (χ1) is 9.77. The van der Waals surface area contributed by atoms with E-state index in [4.69, 9.17) is 5.11 Å². The molecular formula is C12H13F4N3O2. The Bertz CT molecular complexity index is 506. The molecule has 116 valence electrons. The maximum atomic E-state index is 13.9. The Morgan fingerprint density at radius 3 is 2.48 bits per heavy atom. The molecule has 2 rings (SSSR count). The van der Waals surface area contributed by atoms with E-state index in [1.165, 1.54) is 4.90 Å². The van der Waals surface area contributed by atoms with Crippen molar-refractivity contribution in [3.8, 4) is 0 Å². The Balaban J connectivity index is 2.02. The van der Waals surface area contributed by atoms with Crippen LogP contribution < -0.4 is 4.90 Å². The van der Waals surface area contributed by atoms with Crippen LogP contribution in [0.25, 0.3) is 0 Å². The number of carboxylic acids is 1. The molecule has 9 heteroatoms. The van der Waals surface area contributed by atoms with Gasteiger partial charge in [-0.2, -0.15) is 13.2 Å². The standard InChI is InChI=1S/C12H13F4N3O2/c13-9-6-19(2-1-7(9)3-10(20)21)11-17-4-8(5-18-11)12(14,15)16/h4-5,7,9H,1-3,6H2,(H,20,21). The Labute approximate surface area is 117 Å². The van der Waals surface area contributed by atoms with Gasteiger partial charge in [0, 0.05) is 24.9 Å². The molecule has 2 unspecified atom stereocenters. The van der Waals surface area contributed by atoms with Gasteiger partial charge in [0.2, 0.25) is 5.95 Å². The van der Waals surface area contributed by atoms with E-state index in [0.717, 1.165) is 0 Å². The molecule has 1 saturated heterocycles. The van der Waals surface area contributed by atoms with E-state index in [-0.39, 0.29) is 25.3 Å². The van der Waals surface area contributed by atoms with Crippen LogP contribution in [0.3, 0.4) is 0 Å². The second kappa shape index (κ2) is 5.82. The van der Waals surface area contributed by atoms with E-state index < -0.39 is 29.8 Å². The summed E-state index contributed by atoms with van der Waals surface area (Å²) in [6, 6.07) is 0. The molecule has 0 aromatic carbocycles. The first kappa shape index (κ1) is 15.5. The van der Waals surface area contributed by atoms with Gasteiger partial charge in [0.25, 0.3) is 0 Å². The Morgan fingerprint density at radius 1 is 1.38 bits per heavy atom. The average molecular weight is 307 g/mol. The smallest absolute Gasteiger partial charge is 0.419 e. The molecule has 1 aliphatic rings. The van der Waals surface area contributed by atoms with Crippen LogP contribution in [0.5, 0.6) is 0 Å². The summed E-state index contributed by atoms with van der Waals surface area (Å²) in [5, 5.41) is 8.66. The summed E-state index contributed by atoms with van der Waals surface area (Å²) in [5.41, 5.74) is -0.969. The highest BCUT2D eigenvalue weighted by Gasteiger charge is 2.34. The molecular weight excluding hydrogens is 294 g/mol. The van der Waals surface area contributed by atoms with Crippen LogP contribution in [0.2, 0.25) is 0 Å².